The summed E-state index contributed by atoms with van der Waals surface area (Å²) in [6.45, 7) is 0.780. The van der Waals surface area contributed by atoms with Crippen LogP contribution in [-0.2, 0) is 9.53 Å². The lowest BCUT2D eigenvalue weighted by Crippen LogP contribution is -2.65. The van der Waals surface area contributed by atoms with Gasteiger partial charge in [0.1, 0.15) is 30.1 Å². The molecule has 122 valence electrons. The first-order valence-corrected chi connectivity index (χ1v) is 7.12. The summed E-state index contributed by atoms with van der Waals surface area (Å²) < 4.78 is 11.0. The monoisotopic (exact) mass is 331 g/mol. The van der Waals surface area contributed by atoms with Gasteiger partial charge < -0.3 is 30.1 Å². The predicted molar refractivity (Wildman–Crippen MR) is 77.4 cm³/mol. The molecule has 2 rings (SSSR count). The smallest absolute Gasteiger partial charge is 0.223 e. The van der Waals surface area contributed by atoms with Gasteiger partial charge in [0.25, 0.3) is 0 Å². The van der Waals surface area contributed by atoms with Crippen molar-refractivity contribution < 1.29 is 29.6 Å². The third-order valence-electron chi connectivity index (χ3n) is 3.32. The van der Waals surface area contributed by atoms with E-state index in [-0.39, 0.29) is 0 Å². The Bertz CT molecular complexity index is 511. The summed E-state index contributed by atoms with van der Waals surface area (Å²) in [4.78, 5) is 11.3. The number of carbonyl (C=O) groups is 1. The zero-order chi connectivity index (χ0) is 16.3. The summed E-state index contributed by atoms with van der Waals surface area (Å²) in [7, 11) is 0. The molecule has 0 saturated carbocycles. The van der Waals surface area contributed by atoms with Gasteiger partial charge in [-0.3, -0.25) is 4.79 Å². The number of rotatable bonds is 4. The number of aliphatic hydroxyl groups is 3. The highest BCUT2D eigenvalue weighted by molar-refractivity contribution is 6.30. The number of carbonyl (C=O) groups excluding carboxylic acids is 1. The first-order chi connectivity index (χ1) is 10.4. The van der Waals surface area contributed by atoms with Gasteiger partial charge in [-0.05, 0) is 24.3 Å². The first kappa shape index (κ1) is 17.0. The Morgan fingerprint density at radius 2 is 1.95 bits per heavy atom. The second-order valence-corrected chi connectivity index (χ2v) is 5.44. The van der Waals surface area contributed by atoms with Gasteiger partial charge in [0, 0.05) is 11.9 Å². The molecule has 1 aliphatic heterocycles. The molecule has 4 N–H and O–H groups in total. The van der Waals surface area contributed by atoms with Crippen molar-refractivity contribution in [2.75, 3.05) is 6.61 Å². The van der Waals surface area contributed by atoms with Crippen molar-refractivity contribution in [1.29, 1.82) is 0 Å². The zero-order valence-corrected chi connectivity index (χ0v) is 12.6. The lowest BCUT2D eigenvalue weighted by molar-refractivity contribution is -0.244. The van der Waals surface area contributed by atoms with Gasteiger partial charge in [-0.2, -0.15) is 0 Å². The largest absolute Gasteiger partial charge is 0.463 e. The summed E-state index contributed by atoms with van der Waals surface area (Å²) in [5.74, 6) is -0.00274. The SMILES string of the molecule is CC(=O)N[C@H]1[C@@H](Oc2ccc(Cl)cc2)O[C@@H](CO)[C@@H](O)[C@@H]1O. The number of hydrogen-bond acceptors (Lipinski definition) is 6. The van der Waals surface area contributed by atoms with Crippen molar-refractivity contribution in [3.63, 3.8) is 0 Å². The predicted octanol–water partition coefficient (Wildman–Crippen LogP) is -0.338. The van der Waals surface area contributed by atoms with E-state index in [0.717, 1.165) is 0 Å². The second-order valence-electron chi connectivity index (χ2n) is 5.00. The number of benzene rings is 1. The summed E-state index contributed by atoms with van der Waals surface area (Å²) in [6, 6.07) is 5.44. The fourth-order valence-electron chi connectivity index (χ4n) is 2.22. The normalized spacial score (nSPS) is 31.6. The van der Waals surface area contributed by atoms with E-state index in [1.54, 1.807) is 24.3 Å². The quantitative estimate of drug-likeness (QED) is 0.601. The van der Waals surface area contributed by atoms with Gasteiger partial charge in [0.05, 0.1) is 6.61 Å². The lowest BCUT2D eigenvalue weighted by Gasteiger charge is -2.42. The maximum absolute atomic E-state index is 11.3. The highest BCUT2D eigenvalue weighted by atomic mass is 35.5. The lowest BCUT2D eigenvalue weighted by atomic mass is 9.97. The van der Waals surface area contributed by atoms with Crippen molar-refractivity contribution in [3.8, 4) is 5.75 Å². The van der Waals surface area contributed by atoms with E-state index in [1.807, 2.05) is 0 Å². The van der Waals surface area contributed by atoms with Crippen LogP contribution >= 0.6 is 11.6 Å². The number of hydrogen-bond donors (Lipinski definition) is 4. The van der Waals surface area contributed by atoms with Crippen molar-refractivity contribution in [3.05, 3.63) is 29.3 Å². The summed E-state index contributed by atoms with van der Waals surface area (Å²) in [5, 5.41) is 32.2. The van der Waals surface area contributed by atoms with Crippen molar-refractivity contribution in [2.24, 2.45) is 0 Å². The number of ether oxygens (including phenoxy) is 2. The first-order valence-electron chi connectivity index (χ1n) is 6.74. The maximum atomic E-state index is 11.3. The van der Waals surface area contributed by atoms with E-state index in [2.05, 4.69) is 5.32 Å². The van der Waals surface area contributed by atoms with E-state index in [4.69, 9.17) is 21.1 Å². The third-order valence-corrected chi connectivity index (χ3v) is 3.57. The molecule has 1 amide bonds. The van der Waals surface area contributed by atoms with E-state index < -0.39 is 43.2 Å². The van der Waals surface area contributed by atoms with Gasteiger partial charge in [-0.15, -0.1) is 0 Å². The minimum absolute atomic E-state index is 0.407. The molecule has 1 heterocycles. The van der Waals surface area contributed by atoms with Crippen LogP contribution in [0.15, 0.2) is 24.3 Å². The molecule has 8 heteroatoms. The van der Waals surface area contributed by atoms with Crippen LogP contribution in [0.2, 0.25) is 5.02 Å². The number of aliphatic hydroxyl groups excluding tert-OH is 3. The van der Waals surface area contributed by atoms with Crippen molar-refractivity contribution in [1.82, 2.24) is 5.32 Å². The Morgan fingerprint density at radius 3 is 2.50 bits per heavy atom. The number of amides is 1. The van der Waals surface area contributed by atoms with Crippen molar-refractivity contribution in [2.45, 2.75) is 37.6 Å². The molecular formula is C14H18ClNO6. The molecule has 1 aliphatic rings. The van der Waals surface area contributed by atoms with Crippen LogP contribution in [0.5, 0.6) is 5.75 Å². The molecule has 5 atom stereocenters. The van der Waals surface area contributed by atoms with Gasteiger partial charge >= 0.3 is 0 Å². The molecule has 1 saturated heterocycles. The number of nitrogens with one attached hydrogen (secondary N) is 1. The van der Waals surface area contributed by atoms with Crippen LogP contribution in [0.4, 0.5) is 0 Å². The fraction of sp³-hybridized carbons (Fsp3) is 0.500. The average Bonchev–Trinajstić information content (AvgIpc) is 2.48. The van der Waals surface area contributed by atoms with Crippen LogP contribution in [0, 0.1) is 0 Å². The van der Waals surface area contributed by atoms with Crippen LogP contribution in [0.25, 0.3) is 0 Å². The molecule has 0 radical (unpaired) electrons. The van der Waals surface area contributed by atoms with E-state index in [0.29, 0.717) is 10.8 Å². The molecule has 1 aromatic rings. The Kier molecular flexibility index (Phi) is 5.60. The van der Waals surface area contributed by atoms with Crippen LogP contribution < -0.4 is 10.1 Å². The van der Waals surface area contributed by atoms with Crippen molar-refractivity contribution >= 4 is 17.5 Å². The molecule has 0 unspecified atom stereocenters. The van der Waals surface area contributed by atoms with Crippen LogP contribution in [0.3, 0.4) is 0 Å². The molecule has 7 nitrogen and oxygen atoms in total. The van der Waals surface area contributed by atoms with Crippen LogP contribution in [0.1, 0.15) is 6.92 Å². The Labute approximate surface area is 132 Å². The standard InChI is InChI=1S/C14H18ClNO6/c1-7(18)16-11-13(20)12(19)10(6-17)22-14(11)21-9-4-2-8(15)3-5-9/h2-5,10-14,17,19-20H,6H2,1H3,(H,16,18)/t10-,11+,12+,13+,14-/m0/s1. The minimum atomic E-state index is -1.34. The fourth-order valence-corrected chi connectivity index (χ4v) is 2.34. The Morgan fingerprint density at radius 1 is 1.32 bits per heavy atom. The van der Waals surface area contributed by atoms with Gasteiger partial charge in [-0.25, -0.2) is 0 Å². The molecule has 0 aromatic heterocycles. The summed E-state index contributed by atoms with van der Waals surface area (Å²) in [6.07, 6.45) is -4.77. The molecule has 0 aliphatic carbocycles. The van der Waals surface area contributed by atoms with E-state index >= 15 is 0 Å². The Hall–Kier alpha value is -1.38. The summed E-state index contributed by atoms with van der Waals surface area (Å²) in [5.41, 5.74) is 0. The molecule has 0 bridgehead atoms. The molecule has 1 aromatic carbocycles. The highest BCUT2D eigenvalue weighted by Crippen LogP contribution is 2.25. The van der Waals surface area contributed by atoms with Gasteiger partial charge in [0.15, 0.2) is 0 Å². The topological polar surface area (TPSA) is 108 Å². The van der Waals surface area contributed by atoms with Gasteiger partial charge in [-0.1, -0.05) is 11.6 Å². The molecule has 22 heavy (non-hydrogen) atoms. The van der Waals surface area contributed by atoms with Crippen LogP contribution in [-0.4, -0.2) is 58.5 Å². The minimum Gasteiger partial charge on any atom is -0.463 e. The maximum Gasteiger partial charge on any atom is 0.223 e. The Balaban J connectivity index is 2.18. The van der Waals surface area contributed by atoms with Gasteiger partial charge in [0.2, 0.25) is 12.2 Å². The highest BCUT2D eigenvalue weighted by Gasteiger charge is 2.46. The number of halogens is 1. The second kappa shape index (κ2) is 7.26. The molecular weight excluding hydrogens is 314 g/mol. The third kappa shape index (κ3) is 3.88. The molecule has 0 spiro atoms. The van der Waals surface area contributed by atoms with E-state index in [1.165, 1.54) is 6.92 Å². The van der Waals surface area contributed by atoms with E-state index in [9.17, 15) is 20.1 Å². The molecule has 1 fully saturated rings. The zero-order valence-electron chi connectivity index (χ0n) is 11.8. The average molecular weight is 332 g/mol. The summed E-state index contributed by atoms with van der Waals surface area (Å²) >= 11 is 5.79.